The number of rotatable bonds is 10. The van der Waals surface area contributed by atoms with E-state index >= 15 is 0 Å². The molecule has 1 aromatic rings. The monoisotopic (exact) mass is 314 g/mol. The van der Waals surface area contributed by atoms with E-state index in [9.17, 15) is 4.79 Å². The summed E-state index contributed by atoms with van der Waals surface area (Å²) in [6.45, 7) is 3.27. The Morgan fingerprint density at radius 2 is 1.41 bits per heavy atom. The van der Waals surface area contributed by atoms with Crippen molar-refractivity contribution in [2.24, 2.45) is 0 Å². The lowest BCUT2D eigenvalue weighted by atomic mass is 10.0. The molecule has 0 amide bonds. The molecule has 0 aliphatic heterocycles. The first-order valence-corrected chi connectivity index (χ1v) is 6.60. The Morgan fingerprint density at radius 1 is 0.909 bits per heavy atom. The van der Waals surface area contributed by atoms with Gasteiger partial charge in [-0.1, -0.05) is 0 Å². The van der Waals surface area contributed by atoms with Crippen molar-refractivity contribution in [3.8, 4) is 17.2 Å². The van der Waals surface area contributed by atoms with Crippen LogP contribution in [0.1, 0.15) is 22.8 Å². The first-order chi connectivity index (χ1) is 10.6. The van der Waals surface area contributed by atoms with E-state index in [2.05, 4.69) is 0 Å². The second-order valence-electron chi connectivity index (χ2n) is 4.41. The Morgan fingerprint density at radius 3 is 1.91 bits per heavy atom. The lowest BCUT2D eigenvalue weighted by Gasteiger charge is -2.19. The molecule has 0 heterocycles. The number of Topliss-reactive ketones (excluding diaryl/α,β-unsaturated/α-hetero) is 1. The number of hydrogen-bond donors (Lipinski definition) is 0. The summed E-state index contributed by atoms with van der Waals surface area (Å²) in [5.74, 6) is 0.967. The van der Waals surface area contributed by atoms with Gasteiger partial charge in [-0.2, -0.15) is 0 Å². The average Bonchev–Trinajstić information content (AvgIpc) is 2.50. The number of ketones is 1. The van der Waals surface area contributed by atoms with Gasteiger partial charge in [0, 0.05) is 33.0 Å². The summed E-state index contributed by atoms with van der Waals surface area (Å²) in [4.78, 5) is 12.0. The molecule has 0 aliphatic carbocycles. The molecule has 1 rings (SSSR count). The van der Waals surface area contributed by atoms with E-state index in [0.717, 1.165) is 0 Å². The summed E-state index contributed by atoms with van der Waals surface area (Å²) in [7, 11) is 4.51. The van der Waals surface area contributed by atoms with Crippen LogP contribution >= 0.6 is 0 Å². The highest BCUT2D eigenvalue weighted by atomic mass is 16.7. The Bertz CT molecular complexity index is 499. The summed E-state index contributed by atoms with van der Waals surface area (Å²) < 4.78 is 31.2. The topological polar surface area (TPSA) is 72.5 Å². The van der Waals surface area contributed by atoms with Gasteiger partial charge in [-0.15, -0.1) is 0 Å². The molecular formula is C15H22O7. The number of benzene rings is 1. The van der Waals surface area contributed by atoms with Gasteiger partial charge in [-0.25, -0.2) is 0 Å². The summed E-state index contributed by atoms with van der Waals surface area (Å²) >= 11 is 0. The van der Waals surface area contributed by atoms with Crippen molar-refractivity contribution in [2.45, 2.75) is 13.8 Å². The number of carbonyl (C=O) groups is 1. The summed E-state index contributed by atoms with van der Waals surface area (Å²) in [5.41, 5.74) is 0.973. The predicted octanol–water partition coefficient (Wildman–Crippen LogP) is 2.15. The number of methoxy groups -OCH3 is 3. The number of carbonyl (C=O) groups excluding carboxylic acids is 1. The van der Waals surface area contributed by atoms with Crippen LogP contribution in [-0.4, -0.2) is 47.5 Å². The Kier molecular flexibility index (Phi) is 7.65. The molecule has 0 bridgehead atoms. The van der Waals surface area contributed by atoms with E-state index in [1.165, 1.54) is 28.3 Å². The standard InChI is InChI=1S/C15H22O7/c1-10-12(20-7-17-3)6-13(21-8-18-4)14(11(2)16)15(10)22-9-19-5/h6H,7-9H2,1-5H3. The SMILES string of the molecule is COCOc1cc(OCOC)c(C(C)=O)c(OCOC)c1C. The fourth-order valence-corrected chi connectivity index (χ4v) is 1.85. The number of ether oxygens (including phenoxy) is 6. The van der Waals surface area contributed by atoms with E-state index in [4.69, 9.17) is 28.4 Å². The summed E-state index contributed by atoms with van der Waals surface area (Å²) in [6, 6.07) is 1.61. The van der Waals surface area contributed by atoms with Crippen LogP contribution in [0.25, 0.3) is 0 Å². The van der Waals surface area contributed by atoms with Gasteiger partial charge in [0.05, 0.1) is 0 Å². The maximum atomic E-state index is 12.0. The van der Waals surface area contributed by atoms with Gasteiger partial charge in [0.25, 0.3) is 0 Å². The molecule has 0 aliphatic rings. The van der Waals surface area contributed by atoms with Crippen LogP contribution in [0.15, 0.2) is 6.07 Å². The van der Waals surface area contributed by atoms with Gasteiger partial charge in [0.15, 0.2) is 26.2 Å². The maximum Gasteiger partial charge on any atom is 0.188 e. The van der Waals surface area contributed by atoms with Crippen molar-refractivity contribution in [1.82, 2.24) is 0 Å². The van der Waals surface area contributed by atoms with Crippen LogP contribution in [-0.2, 0) is 14.2 Å². The minimum absolute atomic E-state index is 0.00142. The van der Waals surface area contributed by atoms with Gasteiger partial charge in [-0.3, -0.25) is 4.79 Å². The van der Waals surface area contributed by atoms with E-state index in [-0.39, 0.29) is 26.2 Å². The molecule has 0 N–H and O–H groups in total. The van der Waals surface area contributed by atoms with Crippen LogP contribution in [0.2, 0.25) is 0 Å². The molecule has 0 saturated heterocycles. The molecule has 0 spiro atoms. The molecule has 0 aromatic heterocycles. The lowest BCUT2D eigenvalue weighted by Crippen LogP contribution is -2.11. The highest BCUT2D eigenvalue weighted by Crippen LogP contribution is 2.39. The van der Waals surface area contributed by atoms with Gasteiger partial charge in [0.1, 0.15) is 22.8 Å². The Balaban J connectivity index is 3.34. The molecule has 0 unspecified atom stereocenters. The molecule has 0 atom stereocenters. The molecule has 124 valence electrons. The molecular weight excluding hydrogens is 292 g/mol. The Labute approximate surface area is 130 Å². The zero-order valence-electron chi connectivity index (χ0n) is 13.6. The molecule has 0 fully saturated rings. The normalized spacial score (nSPS) is 10.4. The van der Waals surface area contributed by atoms with E-state index in [1.807, 2.05) is 0 Å². The van der Waals surface area contributed by atoms with Crippen LogP contribution in [0.5, 0.6) is 17.2 Å². The largest absolute Gasteiger partial charge is 0.467 e. The van der Waals surface area contributed by atoms with E-state index < -0.39 is 0 Å². The van der Waals surface area contributed by atoms with Crippen LogP contribution in [0.3, 0.4) is 0 Å². The minimum Gasteiger partial charge on any atom is -0.467 e. The van der Waals surface area contributed by atoms with Gasteiger partial charge >= 0.3 is 0 Å². The van der Waals surface area contributed by atoms with Crippen LogP contribution in [0.4, 0.5) is 0 Å². The third-order valence-electron chi connectivity index (χ3n) is 2.78. The third kappa shape index (κ3) is 4.59. The van der Waals surface area contributed by atoms with Crippen molar-refractivity contribution in [2.75, 3.05) is 41.7 Å². The average molecular weight is 314 g/mol. The van der Waals surface area contributed by atoms with E-state index in [0.29, 0.717) is 28.4 Å². The smallest absolute Gasteiger partial charge is 0.188 e. The van der Waals surface area contributed by atoms with Crippen LogP contribution in [0, 0.1) is 6.92 Å². The molecule has 1 aromatic carbocycles. The lowest BCUT2D eigenvalue weighted by molar-refractivity contribution is 0.0392. The zero-order valence-corrected chi connectivity index (χ0v) is 13.6. The highest BCUT2D eigenvalue weighted by molar-refractivity contribution is 6.00. The van der Waals surface area contributed by atoms with Gasteiger partial charge < -0.3 is 28.4 Å². The minimum atomic E-state index is -0.196. The summed E-state index contributed by atoms with van der Waals surface area (Å²) in [5, 5.41) is 0. The zero-order chi connectivity index (χ0) is 16.5. The molecule has 7 nitrogen and oxygen atoms in total. The second-order valence-corrected chi connectivity index (χ2v) is 4.41. The fourth-order valence-electron chi connectivity index (χ4n) is 1.85. The molecule has 22 heavy (non-hydrogen) atoms. The molecule has 7 heteroatoms. The van der Waals surface area contributed by atoms with Crippen molar-refractivity contribution in [1.29, 1.82) is 0 Å². The Hall–Kier alpha value is -1.83. The molecule has 0 radical (unpaired) electrons. The van der Waals surface area contributed by atoms with Crippen molar-refractivity contribution >= 4 is 5.78 Å². The van der Waals surface area contributed by atoms with Crippen molar-refractivity contribution in [3.63, 3.8) is 0 Å². The quantitative estimate of drug-likeness (QED) is 0.484. The predicted molar refractivity (Wildman–Crippen MR) is 78.7 cm³/mol. The highest BCUT2D eigenvalue weighted by Gasteiger charge is 2.22. The first kappa shape index (κ1) is 18.2. The van der Waals surface area contributed by atoms with Gasteiger partial charge in [0.2, 0.25) is 0 Å². The maximum absolute atomic E-state index is 12.0. The van der Waals surface area contributed by atoms with Crippen molar-refractivity contribution in [3.05, 3.63) is 17.2 Å². The third-order valence-corrected chi connectivity index (χ3v) is 2.78. The van der Waals surface area contributed by atoms with Crippen LogP contribution < -0.4 is 14.2 Å². The van der Waals surface area contributed by atoms with Crippen molar-refractivity contribution < 1.29 is 33.2 Å². The number of hydrogen-bond acceptors (Lipinski definition) is 7. The first-order valence-electron chi connectivity index (χ1n) is 6.60. The van der Waals surface area contributed by atoms with E-state index in [1.54, 1.807) is 13.0 Å². The summed E-state index contributed by atoms with van der Waals surface area (Å²) in [6.07, 6.45) is 0. The fraction of sp³-hybridized carbons (Fsp3) is 0.533. The second kappa shape index (κ2) is 9.24. The van der Waals surface area contributed by atoms with Gasteiger partial charge in [-0.05, 0) is 13.8 Å². The molecule has 0 saturated carbocycles.